The molecule has 0 aliphatic carbocycles. The Balaban J connectivity index is 1.85. The number of aliphatic hydroxyl groups is 1. The summed E-state index contributed by atoms with van der Waals surface area (Å²) in [5, 5.41) is 18.0. The molecule has 0 unspecified atom stereocenters. The molecule has 2 N–H and O–H groups in total. The Hall–Kier alpha value is -2.31. The average molecular weight is 423 g/mol. The summed E-state index contributed by atoms with van der Waals surface area (Å²) >= 11 is 1.97. The molecule has 4 rings (SSSR count). The SMILES string of the molecule is CCn1nc(-c2ccccn2)c2c1N[C@@H](C)CS[C@@H]2c1ccc(CCCO)cc1C. The second-order valence-corrected chi connectivity index (χ2v) is 9.06. The molecule has 1 aliphatic rings. The summed E-state index contributed by atoms with van der Waals surface area (Å²) in [5.74, 6) is 2.14. The third-order valence-electron chi connectivity index (χ3n) is 5.59. The highest BCUT2D eigenvalue weighted by atomic mass is 32.2. The van der Waals surface area contributed by atoms with E-state index in [0.29, 0.717) is 6.04 Å². The van der Waals surface area contributed by atoms with Crippen LogP contribution in [0.5, 0.6) is 0 Å². The normalized spacial score (nSPS) is 18.5. The van der Waals surface area contributed by atoms with Crippen LogP contribution < -0.4 is 5.32 Å². The third kappa shape index (κ3) is 4.12. The quantitative estimate of drug-likeness (QED) is 0.595. The zero-order valence-corrected chi connectivity index (χ0v) is 18.7. The molecule has 158 valence electrons. The van der Waals surface area contributed by atoms with Gasteiger partial charge < -0.3 is 10.4 Å². The molecule has 2 aromatic heterocycles. The molecular weight excluding hydrogens is 392 g/mol. The average Bonchev–Trinajstić information content (AvgIpc) is 3.03. The molecule has 3 heterocycles. The van der Waals surface area contributed by atoms with Crippen LogP contribution in [-0.4, -0.2) is 38.3 Å². The highest BCUT2D eigenvalue weighted by Gasteiger charge is 2.32. The van der Waals surface area contributed by atoms with Gasteiger partial charge in [-0.15, -0.1) is 11.8 Å². The Morgan fingerprint density at radius 3 is 2.83 bits per heavy atom. The van der Waals surface area contributed by atoms with Crippen molar-refractivity contribution in [1.29, 1.82) is 0 Å². The fourth-order valence-electron chi connectivity index (χ4n) is 4.11. The molecule has 30 heavy (non-hydrogen) atoms. The van der Waals surface area contributed by atoms with Gasteiger partial charge in [0.2, 0.25) is 0 Å². The van der Waals surface area contributed by atoms with Gasteiger partial charge in [0.25, 0.3) is 0 Å². The minimum atomic E-state index is 0.196. The number of thioether (sulfide) groups is 1. The molecule has 0 bridgehead atoms. The van der Waals surface area contributed by atoms with Crippen LogP contribution in [0.3, 0.4) is 0 Å². The fraction of sp³-hybridized carbons (Fsp3) is 0.417. The monoisotopic (exact) mass is 422 g/mol. The highest BCUT2D eigenvalue weighted by Crippen LogP contribution is 2.47. The maximum atomic E-state index is 9.16. The van der Waals surface area contributed by atoms with Crippen molar-refractivity contribution < 1.29 is 5.11 Å². The number of benzene rings is 1. The van der Waals surface area contributed by atoms with E-state index in [1.807, 2.05) is 36.2 Å². The van der Waals surface area contributed by atoms with Crippen LogP contribution in [0.1, 0.15) is 47.8 Å². The molecule has 0 radical (unpaired) electrons. The number of aromatic nitrogens is 3. The molecular formula is C24H30N4OS. The Bertz CT molecular complexity index is 1000. The number of rotatable bonds is 6. The molecule has 0 fully saturated rings. The van der Waals surface area contributed by atoms with Gasteiger partial charge in [0.1, 0.15) is 11.5 Å². The van der Waals surface area contributed by atoms with Crippen LogP contribution in [0.2, 0.25) is 0 Å². The lowest BCUT2D eigenvalue weighted by Crippen LogP contribution is -2.19. The van der Waals surface area contributed by atoms with E-state index < -0.39 is 0 Å². The lowest BCUT2D eigenvalue weighted by atomic mass is 9.95. The number of pyridine rings is 1. The first-order chi connectivity index (χ1) is 14.6. The molecule has 5 nitrogen and oxygen atoms in total. The van der Waals surface area contributed by atoms with E-state index in [9.17, 15) is 0 Å². The van der Waals surface area contributed by atoms with Crippen LogP contribution in [0.25, 0.3) is 11.4 Å². The topological polar surface area (TPSA) is 63.0 Å². The third-order valence-corrected chi connectivity index (χ3v) is 7.11. The van der Waals surface area contributed by atoms with Crippen molar-refractivity contribution in [1.82, 2.24) is 14.8 Å². The number of hydrogen-bond acceptors (Lipinski definition) is 5. The van der Waals surface area contributed by atoms with Gasteiger partial charge in [-0.25, -0.2) is 4.68 Å². The molecule has 0 amide bonds. The number of fused-ring (bicyclic) bond motifs is 1. The van der Waals surface area contributed by atoms with Gasteiger partial charge >= 0.3 is 0 Å². The summed E-state index contributed by atoms with van der Waals surface area (Å²) < 4.78 is 2.08. The van der Waals surface area contributed by atoms with Crippen molar-refractivity contribution in [3.63, 3.8) is 0 Å². The second kappa shape index (κ2) is 9.23. The van der Waals surface area contributed by atoms with Crippen molar-refractivity contribution in [3.8, 4) is 11.4 Å². The Labute approximate surface area is 182 Å². The number of nitrogens with one attached hydrogen (secondary N) is 1. The molecule has 6 heteroatoms. The minimum Gasteiger partial charge on any atom is -0.396 e. The van der Waals surface area contributed by atoms with Crippen LogP contribution in [0.15, 0.2) is 42.6 Å². The lowest BCUT2D eigenvalue weighted by molar-refractivity contribution is 0.288. The number of nitrogens with zero attached hydrogens (tertiary/aromatic N) is 3. The Morgan fingerprint density at radius 1 is 1.27 bits per heavy atom. The van der Waals surface area contributed by atoms with Crippen molar-refractivity contribution in [2.45, 2.75) is 51.4 Å². The number of aryl methyl sites for hydroxylation is 3. The first-order valence-corrected chi connectivity index (χ1v) is 11.8. The first-order valence-electron chi connectivity index (χ1n) is 10.7. The Morgan fingerprint density at radius 2 is 2.13 bits per heavy atom. The molecule has 3 aromatic rings. The van der Waals surface area contributed by atoms with E-state index >= 15 is 0 Å². The number of hydrogen-bond donors (Lipinski definition) is 2. The summed E-state index contributed by atoms with van der Waals surface area (Å²) in [6, 6.07) is 13.1. The zero-order valence-electron chi connectivity index (χ0n) is 17.9. The van der Waals surface area contributed by atoms with Gasteiger partial charge in [-0.1, -0.05) is 24.3 Å². The molecule has 0 spiro atoms. The summed E-state index contributed by atoms with van der Waals surface area (Å²) in [5.41, 5.74) is 7.02. The molecule has 1 aliphatic heterocycles. The Kier molecular flexibility index (Phi) is 6.44. The predicted molar refractivity (Wildman–Crippen MR) is 125 cm³/mol. The van der Waals surface area contributed by atoms with E-state index in [1.165, 1.54) is 22.3 Å². The van der Waals surface area contributed by atoms with E-state index in [-0.39, 0.29) is 11.9 Å². The van der Waals surface area contributed by atoms with E-state index in [4.69, 9.17) is 10.2 Å². The number of anilines is 1. The zero-order chi connectivity index (χ0) is 21.1. The van der Waals surface area contributed by atoms with E-state index in [1.54, 1.807) is 0 Å². The molecule has 0 saturated carbocycles. The maximum Gasteiger partial charge on any atom is 0.129 e. The number of aliphatic hydroxyl groups excluding tert-OH is 1. The van der Waals surface area contributed by atoms with Gasteiger partial charge in [0.05, 0.1) is 10.9 Å². The van der Waals surface area contributed by atoms with Gasteiger partial charge in [-0.2, -0.15) is 5.10 Å². The van der Waals surface area contributed by atoms with Crippen LogP contribution >= 0.6 is 11.8 Å². The van der Waals surface area contributed by atoms with Crippen molar-refractivity contribution in [3.05, 3.63) is 64.8 Å². The molecule has 1 aromatic carbocycles. The first kappa shape index (κ1) is 20.9. The molecule has 2 atom stereocenters. The summed E-state index contributed by atoms with van der Waals surface area (Å²) in [6.07, 6.45) is 3.55. The van der Waals surface area contributed by atoms with Gasteiger partial charge in [0, 0.05) is 36.7 Å². The van der Waals surface area contributed by atoms with Crippen molar-refractivity contribution in [2.24, 2.45) is 0 Å². The van der Waals surface area contributed by atoms with Crippen molar-refractivity contribution >= 4 is 17.6 Å². The standard InChI is InChI=1S/C24H30N4OS/c1-4-28-24-21(22(27-28)20-9-5-6-12-25-20)23(30-15-17(3)26-24)19-11-10-18(8-7-13-29)14-16(19)2/h5-6,9-12,14,17,23,26,29H,4,7-8,13,15H2,1-3H3/t17-,23+/m0/s1. The van der Waals surface area contributed by atoms with E-state index in [0.717, 1.165) is 42.3 Å². The summed E-state index contributed by atoms with van der Waals surface area (Å²) in [7, 11) is 0. The van der Waals surface area contributed by atoms with Crippen molar-refractivity contribution in [2.75, 3.05) is 17.7 Å². The van der Waals surface area contributed by atoms with Gasteiger partial charge in [-0.3, -0.25) is 4.98 Å². The summed E-state index contributed by atoms with van der Waals surface area (Å²) in [6.45, 7) is 7.61. The largest absolute Gasteiger partial charge is 0.396 e. The minimum absolute atomic E-state index is 0.196. The summed E-state index contributed by atoms with van der Waals surface area (Å²) in [4.78, 5) is 4.62. The van der Waals surface area contributed by atoms with Crippen LogP contribution in [0.4, 0.5) is 5.82 Å². The smallest absolute Gasteiger partial charge is 0.129 e. The van der Waals surface area contributed by atoms with Crippen LogP contribution in [-0.2, 0) is 13.0 Å². The van der Waals surface area contributed by atoms with Gasteiger partial charge in [-0.05, 0) is 62.4 Å². The molecule has 0 saturated heterocycles. The second-order valence-electron chi connectivity index (χ2n) is 7.92. The highest BCUT2D eigenvalue weighted by molar-refractivity contribution is 7.99. The van der Waals surface area contributed by atoms with Crippen LogP contribution in [0, 0.1) is 6.92 Å². The lowest BCUT2D eigenvalue weighted by Gasteiger charge is -2.19. The van der Waals surface area contributed by atoms with Gasteiger partial charge in [0.15, 0.2) is 0 Å². The fourth-order valence-corrected chi connectivity index (χ4v) is 5.51. The predicted octanol–water partition coefficient (Wildman–Crippen LogP) is 4.83. The van der Waals surface area contributed by atoms with E-state index in [2.05, 4.69) is 54.0 Å². The maximum absolute atomic E-state index is 9.16.